The molecule has 0 aromatic heterocycles. The Labute approximate surface area is 162 Å². The van der Waals surface area contributed by atoms with Gasteiger partial charge in [-0.15, -0.1) is 0 Å². The van der Waals surface area contributed by atoms with E-state index in [1.165, 1.54) is 30.4 Å². The third-order valence-electron chi connectivity index (χ3n) is 5.56. The average molecular weight is 380 g/mol. The number of phenolic OH excluding ortho intramolecular Hbond substituents is 1. The van der Waals surface area contributed by atoms with Crippen LogP contribution in [-0.4, -0.2) is 22.3 Å². The molecule has 0 atom stereocenters. The Morgan fingerprint density at radius 2 is 1.89 bits per heavy atom. The van der Waals surface area contributed by atoms with Crippen molar-refractivity contribution in [1.82, 2.24) is 0 Å². The summed E-state index contributed by atoms with van der Waals surface area (Å²) in [5, 5.41) is 10.3. The highest BCUT2D eigenvalue weighted by atomic mass is 19.1. The summed E-state index contributed by atoms with van der Waals surface area (Å²) < 4.78 is 19.8. The van der Waals surface area contributed by atoms with E-state index in [1.54, 1.807) is 18.2 Å². The molecule has 0 amide bonds. The summed E-state index contributed by atoms with van der Waals surface area (Å²) in [5.41, 5.74) is 0.108. The Hall–Kier alpha value is -2.95. The summed E-state index contributed by atoms with van der Waals surface area (Å²) in [4.78, 5) is 25.2. The molecule has 1 heterocycles. The molecule has 2 aromatic rings. The number of aromatic hydroxyl groups is 1. The van der Waals surface area contributed by atoms with Crippen LogP contribution >= 0.6 is 0 Å². The van der Waals surface area contributed by atoms with Gasteiger partial charge in [0.25, 0.3) is 0 Å². The molecule has 1 N–H and O–H groups in total. The summed E-state index contributed by atoms with van der Waals surface area (Å²) in [7, 11) is 0. The first kappa shape index (κ1) is 18.4. The maximum absolute atomic E-state index is 13.7. The number of allylic oxidation sites excluding steroid dienone is 1. The fourth-order valence-electron chi connectivity index (χ4n) is 4.07. The highest BCUT2D eigenvalue weighted by Crippen LogP contribution is 2.43. The number of carbonyl (C=O) groups is 2. The molecule has 4 nitrogen and oxygen atoms in total. The SMILES string of the molecule is O=C(/C=C/c1ccccc1F)c1cc2c(cc1O)OC1(CCCCC1)CC2=O. The van der Waals surface area contributed by atoms with E-state index in [0.29, 0.717) is 17.7 Å². The van der Waals surface area contributed by atoms with E-state index in [9.17, 15) is 19.1 Å². The van der Waals surface area contributed by atoms with E-state index in [1.807, 2.05) is 0 Å². The first-order valence-electron chi connectivity index (χ1n) is 9.54. The lowest BCUT2D eigenvalue weighted by molar-refractivity contribution is 0.0135. The Morgan fingerprint density at radius 1 is 1.14 bits per heavy atom. The number of rotatable bonds is 3. The van der Waals surface area contributed by atoms with Gasteiger partial charge in [0.2, 0.25) is 0 Å². The van der Waals surface area contributed by atoms with Crippen LogP contribution in [0.15, 0.2) is 42.5 Å². The van der Waals surface area contributed by atoms with Crippen molar-refractivity contribution in [2.75, 3.05) is 0 Å². The molecule has 5 heteroatoms. The van der Waals surface area contributed by atoms with Crippen LogP contribution in [0.2, 0.25) is 0 Å². The molecular weight excluding hydrogens is 359 g/mol. The van der Waals surface area contributed by atoms with E-state index in [2.05, 4.69) is 0 Å². The standard InChI is InChI=1S/C23H21FO4/c24-18-7-3-2-6-15(18)8-9-19(25)16-12-17-21(27)14-23(10-4-1-5-11-23)28-22(17)13-20(16)26/h2-3,6-9,12-13,26H,1,4-5,10-11,14H2/b9-8+. The third kappa shape index (κ3) is 3.44. The van der Waals surface area contributed by atoms with Gasteiger partial charge in [-0.1, -0.05) is 24.6 Å². The third-order valence-corrected chi connectivity index (χ3v) is 5.56. The minimum Gasteiger partial charge on any atom is -0.507 e. The average Bonchev–Trinajstić information content (AvgIpc) is 2.67. The second kappa shape index (κ2) is 7.23. The highest BCUT2D eigenvalue weighted by molar-refractivity contribution is 6.11. The van der Waals surface area contributed by atoms with Crippen LogP contribution in [0, 0.1) is 5.82 Å². The molecule has 1 aliphatic heterocycles. The van der Waals surface area contributed by atoms with Crippen LogP contribution in [0.1, 0.15) is 64.8 Å². The second-order valence-electron chi connectivity index (χ2n) is 7.53. The number of ketones is 2. The molecule has 1 spiro atoms. The zero-order chi connectivity index (χ0) is 19.7. The number of phenols is 1. The molecule has 0 bridgehead atoms. The zero-order valence-electron chi connectivity index (χ0n) is 15.4. The minimum atomic E-state index is -0.505. The van der Waals surface area contributed by atoms with Gasteiger partial charge in [-0.25, -0.2) is 4.39 Å². The topological polar surface area (TPSA) is 63.6 Å². The minimum absolute atomic E-state index is 0.00267. The summed E-state index contributed by atoms with van der Waals surface area (Å²) in [6.07, 6.45) is 7.67. The lowest BCUT2D eigenvalue weighted by atomic mass is 9.78. The number of carbonyl (C=O) groups excluding carboxylic acids is 2. The van der Waals surface area contributed by atoms with Gasteiger partial charge < -0.3 is 9.84 Å². The van der Waals surface area contributed by atoms with Crippen molar-refractivity contribution < 1.29 is 23.8 Å². The predicted octanol–water partition coefficient (Wildman–Crippen LogP) is 5.10. The van der Waals surface area contributed by atoms with Gasteiger partial charge in [0, 0.05) is 11.6 Å². The number of benzene rings is 2. The Morgan fingerprint density at radius 3 is 2.64 bits per heavy atom. The summed E-state index contributed by atoms with van der Waals surface area (Å²) in [6.45, 7) is 0. The van der Waals surface area contributed by atoms with E-state index in [-0.39, 0.29) is 22.7 Å². The van der Waals surface area contributed by atoms with E-state index >= 15 is 0 Å². The van der Waals surface area contributed by atoms with Crippen molar-refractivity contribution in [1.29, 1.82) is 0 Å². The molecule has 2 aromatic carbocycles. The molecule has 4 rings (SSSR count). The number of fused-ring (bicyclic) bond motifs is 1. The van der Waals surface area contributed by atoms with Crippen molar-refractivity contribution in [3.8, 4) is 11.5 Å². The van der Waals surface area contributed by atoms with Crippen molar-refractivity contribution in [3.63, 3.8) is 0 Å². The number of Topliss-reactive ketones (excluding diaryl/α,β-unsaturated/α-hetero) is 1. The summed E-state index contributed by atoms with van der Waals surface area (Å²) in [5.74, 6) is -0.931. The number of hydrogen-bond donors (Lipinski definition) is 1. The lowest BCUT2D eigenvalue weighted by Crippen LogP contribution is -2.43. The van der Waals surface area contributed by atoms with Gasteiger partial charge >= 0.3 is 0 Å². The maximum Gasteiger partial charge on any atom is 0.189 e. The first-order chi connectivity index (χ1) is 13.5. The van der Waals surface area contributed by atoms with Gasteiger partial charge in [0.1, 0.15) is 22.9 Å². The largest absolute Gasteiger partial charge is 0.507 e. The van der Waals surface area contributed by atoms with Gasteiger partial charge in [-0.05, 0) is 50.0 Å². The van der Waals surface area contributed by atoms with Gasteiger partial charge in [-0.3, -0.25) is 9.59 Å². The normalized spacial score (nSPS) is 18.1. The smallest absolute Gasteiger partial charge is 0.189 e. The highest BCUT2D eigenvalue weighted by Gasteiger charge is 2.41. The Bertz CT molecular complexity index is 971. The molecule has 0 saturated heterocycles. The number of halogens is 1. The van der Waals surface area contributed by atoms with Gasteiger partial charge in [-0.2, -0.15) is 0 Å². The molecule has 1 fully saturated rings. The molecule has 0 radical (unpaired) electrons. The molecule has 2 aliphatic rings. The van der Waals surface area contributed by atoms with Gasteiger partial charge in [0.05, 0.1) is 17.5 Å². The maximum atomic E-state index is 13.7. The lowest BCUT2D eigenvalue weighted by Gasteiger charge is -2.40. The number of hydrogen-bond acceptors (Lipinski definition) is 4. The fourth-order valence-corrected chi connectivity index (χ4v) is 4.07. The van der Waals surface area contributed by atoms with E-state index < -0.39 is 17.2 Å². The van der Waals surface area contributed by atoms with Gasteiger partial charge in [0.15, 0.2) is 11.6 Å². The Balaban J connectivity index is 1.62. The fraction of sp³-hybridized carbons (Fsp3) is 0.304. The molecule has 0 unspecified atom stereocenters. The molecule has 1 saturated carbocycles. The molecule has 1 aliphatic carbocycles. The van der Waals surface area contributed by atoms with Crippen LogP contribution < -0.4 is 4.74 Å². The van der Waals surface area contributed by atoms with Crippen LogP contribution in [0.25, 0.3) is 6.08 Å². The quantitative estimate of drug-likeness (QED) is 0.595. The Kier molecular flexibility index (Phi) is 4.75. The predicted molar refractivity (Wildman–Crippen MR) is 103 cm³/mol. The molecule has 144 valence electrons. The van der Waals surface area contributed by atoms with Crippen molar-refractivity contribution in [3.05, 3.63) is 65.0 Å². The molecule has 28 heavy (non-hydrogen) atoms. The summed E-state index contributed by atoms with van der Waals surface area (Å²) >= 11 is 0. The van der Waals surface area contributed by atoms with E-state index in [4.69, 9.17) is 4.74 Å². The van der Waals surface area contributed by atoms with Crippen LogP contribution in [-0.2, 0) is 0 Å². The second-order valence-corrected chi connectivity index (χ2v) is 7.53. The van der Waals surface area contributed by atoms with Crippen molar-refractivity contribution in [2.24, 2.45) is 0 Å². The van der Waals surface area contributed by atoms with Crippen LogP contribution in [0.5, 0.6) is 11.5 Å². The van der Waals surface area contributed by atoms with Crippen LogP contribution in [0.4, 0.5) is 4.39 Å². The number of ether oxygens (including phenoxy) is 1. The van der Waals surface area contributed by atoms with Crippen molar-refractivity contribution in [2.45, 2.75) is 44.1 Å². The molecular formula is C23H21FO4. The monoisotopic (exact) mass is 380 g/mol. The van der Waals surface area contributed by atoms with Crippen molar-refractivity contribution >= 4 is 17.6 Å². The zero-order valence-corrected chi connectivity index (χ0v) is 15.4. The summed E-state index contributed by atoms with van der Waals surface area (Å²) in [6, 6.07) is 8.82. The first-order valence-corrected chi connectivity index (χ1v) is 9.54. The van der Waals surface area contributed by atoms with Crippen LogP contribution in [0.3, 0.4) is 0 Å². The van der Waals surface area contributed by atoms with E-state index in [0.717, 1.165) is 32.1 Å².